The van der Waals surface area contributed by atoms with E-state index in [0.29, 0.717) is 11.4 Å². The molecular weight excluding hydrogens is 318 g/mol. The van der Waals surface area contributed by atoms with Gasteiger partial charge in [0.1, 0.15) is 11.6 Å². The molecule has 1 aliphatic heterocycles. The number of benzene rings is 1. The molecule has 1 aliphatic rings. The van der Waals surface area contributed by atoms with Crippen molar-refractivity contribution in [2.45, 2.75) is 6.10 Å². The van der Waals surface area contributed by atoms with E-state index in [4.69, 9.17) is 22.1 Å². The number of amides is 2. The Morgan fingerprint density at radius 2 is 2.17 bits per heavy atom. The summed E-state index contributed by atoms with van der Waals surface area (Å²) in [5.74, 6) is -0.727. The van der Waals surface area contributed by atoms with Crippen LogP contribution in [-0.2, 0) is 9.59 Å². The number of primary amides is 1. The Labute approximate surface area is 137 Å². The number of nitrogens with two attached hydrogens (primary N) is 1. The average Bonchev–Trinajstić information content (AvgIpc) is 2.60. The van der Waals surface area contributed by atoms with Gasteiger partial charge in [-0.1, -0.05) is 6.07 Å². The molecule has 2 N–H and O–H groups in total. The predicted molar refractivity (Wildman–Crippen MR) is 86.4 cm³/mol. The van der Waals surface area contributed by atoms with E-state index in [1.807, 2.05) is 24.3 Å². The highest BCUT2D eigenvalue weighted by Crippen LogP contribution is 2.36. The maximum Gasteiger partial charge on any atom is 0.260 e. The summed E-state index contributed by atoms with van der Waals surface area (Å²) in [5.41, 5.74) is 7.46. The van der Waals surface area contributed by atoms with Crippen LogP contribution in [0.5, 0.6) is 5.75 Å². The van der Waals surface area contributed by atoms with Crippen LogP contribution < -0.4 is 15.4 Å². The van der Waals surface area contributed by atoms with Crippen molar-refractivity contribution in [3.05, 3.63) is 42.6 Å². The molecule has 0 saturated carbocycles. The van der Waals surface area contributed by atoms with Crippen molar-refractivity contribution in [3.8, 4) is 17.0 Å². The molecule has 1 atom stereocenters. The molecule has 0 aliphatic carbocycles. The van der Waals surface area contributed by atoms with Crippen LogP contribution in [0.25, 0.3) is 11.3 Å². The maximum atomic E-state index is 12.1. The van der Waals surface area contributed by atoms with Gasteiger partial charge in [-0.25, -0.2) is 0 Å². The second-order valence-corrected chi connectivity index (χ2v) is 5.31. The average molecular weight is 332 g/mol. The van der Waals surface area contributed by atoms with Gasteiger partial charge in [-0.05, 0) is 30.3 Å². The lowest BCUT2D eigenvalue weighted by Gasteiger charge is -2.33. The number of fused-ring (bicyclic) bond motifs is 1. The molecule has 3 rings (SSSR count). The van der Waals surface area contributed by atoms with Crippen LogP contribution in [-0.4, -0.2) is 35.3 Å². The van der Waals surface area contributed by atoms with Gasteiger partial charge >= 0.3 is 0 Å². The van der Waals surface area contributed by atoms with Crippen LogP contribution in [0, 0.1) is 0 Å². The normalized spacial score (nSPS) is 16.4. The lowest BCUT2D eigenvalue weighted by atomic mass is 10.1. The lowest BCUT2D eigenvalue weighted by Crippen LogP contribution is -2.49. The number of aromatic nitrogens is 1. The van der Waals surface area contributed by atoms with E-state index >= 15 is 0 Å². The smallest absolute Gasteiger partial charge is 0.260 e. The van der Waals surface area contributed by atoms with Crippen molar-refractivity contribution in [3.63, 3.8) is 0 Å². The molecule has 2 amide bonds. The highest BCUT2D eigenvalue weighted by atomic mass is 35.5. The number of carbonyl (C=O) groups is 2. The molecule has 0 spiro atoms. The summed E-state index contributed by atoms with van der Waals surface area (Å²) in [7, 11) is 0. The fraction of sp³-hybridized carbons (Fsp3) is 0.188. The van der Waals surface area contributed by atoms with Gasteiger partial charge in [-0.15, -0.1) is 11.6 Å². The summed E-state index contributed by atoms with van der Waals surface area (Å²) in [6.07, 6.45) is 0.797. The maximum absolute atomic E-state index is 12.1. The number of anilines is 1. The molecule has 1 aromatic carbocycles. The Hall–Kier alpha value is -2.60. The number of rotatable bonds is 3. The van der Waals surface area contributed by atoms with Crippen LogP contribution in [0.15, 0.2) is 42.6 Å². The largest absolute Gasteiger partial charge is 0.477 e. The number of hydrogen-bond acceptors (Lipinski definition) is 4. The Morgan fingerprint density at radius 1 is 1.35 bits per heavy atom. The molecule has 118 valence electrons. The third-order valence-electron chi connectivity index (χ3n) is 3.56. The highest BCUT2D eigenvalue weighted by molar-refractivity contribution is 6.29. The van der Waals surface area contributed by atoms with Gasteiger partial charge in [0.2, 0.25) is 5.91 Å². The Bertz CT molecular complexity index is 751. The first-order valence-electron chi connectivity index (χ1n) is 6.98. The Balaban J connectivity index is 2.05. The first-order valence-corrected chi connectivity index (χ1v) is 7.51. The minimum Gasteiger partial charge on any atom is -0.477 e. The van der Waals surface area contributed by atoms with E-state index in [9.17, 15) is 9.59 Å². The van der Waals surface area contributed by atoms with Gasteiger partial charge in [0.15, 0.2) is 6.10 Å². The van der Waals surface area contributed by atoms with Gasteiger partial charge in [-0.3, -0.25) is 14.6 Å². The number of pyridine rings is 1. The predicted octanol–water partition coefficient (Wildman–Crippen LogP) is 1.57. The quantitative estimate of drug-likeness (QED) is 0.865. The molecular formula is C16H14ClN3O3. The zero-order valence-electron chi connectivity index (χ0n) is 12.1. The molecule has 0 fully saturated rings. The van der Waals surface area contributed by atoms with Crippen molar-refractivity contribution >= 4 is 29.1 Å². The SMILES string of the molecule is NC(=O)C1CN(C(=O)CCl)c2cc(-c3ccccn3)ccc2O1. The monoisotopic (exact) mass is 331 g/mol. The van der Waals surface area contributed by atoms with E-state index in [2.05, 4.69) is 4.98 Å². The fourth-order valence-corrected chi connectivity index (χ4v) is 2.58. The number of carbonyl (C=O) groups excluding carboxylic acids is 2. The molecule has 2 aromatic rings. The molecule has 0 radical (unpaired) electrons. The zero-order chi connectivity index (χ0) is 16.4. The van der Waals surface area contributed by atoms with Crippen LogP contribution in [0.4, 0.5) is 5.69 Å². The zero-order valence-corrected chi connectivity index (χ0v) is 12.9. The Kier molecular flexibility index (Phi) is 4.16. The molecule has 1 aromatic heterocycles. The first kappa shape index (κ1) is 15.3. The lowest BCUT2D eigenvalue weighted by molar-refractivity contribution is -0.125. The van der Waals surface area contributed by atoms with Crippen molar-refractivity contribution in [1.29, 1.82) is 0 Å². The summed E-state index contributed by atoms with van der Waals surface area (Å²) in [6.45, 7) is 0.0412. The third-order valence-corrected chi connectivity index (χ3v) is 3.79. The van der Waals surface area contributed by atoms with Crippen LogP contribution in [0.2, 0.25) is 0 Å². The number of alkyl halides is 1. The van der Waals surface area contributed by atoms with E-state index in [-0.39, 0.29) is 18.3 Å². The van der Waals surface area contributed by atoms with E-state index in [1.165, 1.54) is 4.90 Å². The van der Waals surface area contributed by atoms with Crippen molar-refractivity contribution < 1.29 is 14.3 Å². The van der Waals surface area contributed by atoms with E-state index in [1.54, 1.807) is 18.3 Å². The van der Waals surface area contributed by atoms with Gasteiger partial charge in [0.25, 0.3) is 5.91 Å². The highest BCUT2D eigenvalue weighted by Gasteiger charge is 2.32. The molecule has 6 nitrogen and oxygen atoms in total. The van der Waals surface area contributed by atoms with Crippen molar-refractivity contribution in [1.82, 2.24) is 4.98 Å². The summed E-state index contributed by atoms with van der Waals surface area (Å²) in [5, 5.41) is 0. The number of nitrogens with zero attached hydrogens (tertiary/aromatic N) is 2. The Morgan fingerprint density at radius 3 is 2.83 bits per heavy atom. The van der Waals surface area contributed by atoms with Gasteiger partial charge in [0.05, 0.1) is 17.9 Å². The van der Waals surface area contributed by atoms with Crippen LogP contribution in [0.3, 0.4) is 0 Å². The summed E-state index contributed by atoms with van der Waals surface area (Å²) in [4.78, 5) is 29.3. The second kappa shape index (κ2) is 6.26. The standard InChI is InChI=1S/C16H14ClN3O3/c17-8-15(21)20-9-14(16(18)22)23-13-5-4-10(7-12(13)20)11-3-1-2-6-19-11/h1-7,14H,8-9H2,(H2,18,22). The summed E-state index contributed by atoms with van der Waals surface area (Å²) in [6, 6.07) is 10.9. The fourth-order valence-electron chi connectivity index (χ4n) is 2.43. The van der Waals surface area contributed by atoms with Gasteiger partial charge < -0.3 is 15.4 Å². The minimum atomic E-state index is -0.893. The van der Waals surface area contributed by atoms with Crippen molar-refractivity contribution in [2.24, 2.45) is 5.73 Å². The van der Waals surface area contributed by atoms with Crippen LogP contribution in [0.1, 0.15) is 0 Å². The third kappa shape index (κ3) is 2.98. The molecule has 2 heterocycles. The topological polar surface area (TPSA) is 85.5 Å². The number of halogens is 1. The minimum absolute atomic E-state index is 0.0412. The molecule has 7 heteroatoms. The molecule has 0 saturated heterocycles. The molecule has 1 unspecified atom stereocenters. The number of ether oxygens (including phenoxy) is 1. The van der Waals surface area contributed by atoms with Crippen LogP contribution >= 0.6 is 11.6 Å². The second-order valence-electron chi connectivity index (χ2n) is 5.04. The molecule has 23 heavy (non-hydrogen) atoms. The first-order chi connectivity index (χ1) is 11.1. The summed E-state index contributed by atoms with van der Waals surface area (Å²) < 4.78 is 5.58. The number of hydrogen-bond donors (Lipinski definition) is 1. The van der Waals surface area contributed by atoms with E-state index in [0.717, 1.165) is 11.3 Å². The molecule has 0 bridgehead atoms. The van der Waals surface area contributed by atoms with Crippen molar-refractivity contribution in [2.75, 3.05) is 17.3 Å². The van der Waals surface area contributed by atoms with Gasteiger partial charge in [0, 0.05) is 11.8 Å². The van der Waals surface area contributed by atoms with Gasteiger partial charge in [-0.2, -0.15) is 0 Å². The summed E-state index contributed by atoms with van der Waals surface area (Å²) >= 11 is 5.68. The van der Waals surface area contributed by atoms with E-state index < -0.39 is 12.0 Å².